The van der Waals surface area contributed by atoms with Gasteiger partial charge in [0.2, 0.25) is 0 Å². The van der Waals surface area contributed by atoms with Crippen molar-refractivity contribution in [3.05, 3.63) is 34.4 Å². The lowest BCUT2D eigenvalue weighted by Crippen LogP contribution is -2.18. The van der Waals surface area contributed by atoms with Gasteiger partial charge < -0.3 is 9.47 Å². The molecule has 0 aliphatic carbocycles. The molecular formula is C12H12F4O3. The smallest absolute Gasteiger partial charge is 0.344 e. The number of halogens is 4. The Bertz CT molecular complexity index is 471. The molecule has 0 saturated heterocycles. The first-order chi connectivity index (χ1) is 8.81. The Morgan fingerprint density at radius 2 is 1.53 bits per heavy atom. The van der Waals surface area contributed by atoms with Crippen LogP contribution in [-0.4, -0.2) is 19.2 Å². The normalized spacial score (nSPS) is 10.9. The highest BCUT2D eigenvalue weighted by Crippen LogP contribution is 2.25. The molecule has 0 saturated carbocycles. The molecule has 0 radical (unpaired) electrons. The molecule has 0 heterocycles. The lowest BCUT2D eigenvalue weighted by atomic mass is 10.1. The summed E-state index contributed by atoms with van der Waals surface area (Å²) in [4.78, 5) is 11.4. The zero-order valence-electron chi connectivity index (χ0n) is 10.5. The Morgan fingerprint density at radius 1 is 1.05 bits per heavy atom. The number of carbonyl (C=O) groups excluding carboxylic acids is 1. The van der Waals surface area contributed by atoms with E-state index in [1.807, 2.05) is 0 Å². The highest BCUT2D eigenvalue weighted by Gasteiger charge is 2.30. The zero-order chi connectivity index (χ0) is 14.7. The van der Waals surface area contributed by atoms with Gasteiger partial charge in [-0.25, -0.2) is 22.4 Å². The molecule has 1 aromatic rings. The van der Waals surface area contributed by atoms with Gasteiger partial charge in [0.25, 0.3) is 0 Å². The maximum atomic E-state index is 13.6. The molecule has 7 heteroatoms. The van der Waals surface area contributed by atoms with Gasteiger partial charge in [-0.1, -0.05) is 0 Å². The van der Waals surface area contributed by atoms with Gasteiger partial charge in [-0.3, -0.25) is 0 Å². The largest absolute Gasteiger partial charge is 0.459 e. The quantitative estimate of drug-likeness (QED) is 0.483. The number of methoxy groups -OCH3 is 1. The maximum Gasteiger partial charge on any atom is 0.344 e. The summed E-state index contributed by atoms with van der Waals surface area (Å²) in [6.45, 7) is 2.20. The number of benzene rings is 1. The Kier molecular flexibility index (Phi) is 4.88. The van der Waals surface area contributed by atoms with Gasteiger partial charge in [-0.05, 0) is 13.8 Å². The molecule has 0 aliphatic heterocycles. The van der Waals surface area contributed by atoms with E-state index in [0.717, 1.165) is 7.11 Å². The fourth-order valence-corrected chi connectivity index (χ4v) is 1.40. The summed E-state index contributed by atoms with van der Waals surface area (Å²) in [5.41, 5.74) is -2.30. The number of rotatable bonds is 4. The molecule has 0 atom stereocenters. The number of hydrogen-bond acceptors (Lipinski definition) is 3. The summed E-state index contributed by atoms with van der Waals surface area (Å²) in [6.07, 6.45) is -0.684. The van der Waals surface area contributed by atoms with Crippen molar-refractivity contribution in [1.29, 1.82) is 0 Å². The van der Waals surface area contributed by atoms with Crippen molar-refractivity contribution in [2.45, 2.75) is 26.6 Å². The van der Waals surface area contributed by atoms with Gasteiger partial charge in [0, 0.05) is 7.11 Å². The van der Waals surface area contributed by atoms with Crippen molar-refractivity contribution >= 4 is 5.97 Å². The van der Waals surface area contributed by atoms with Crippen LogP contribution >= 0.6 is 0 Å². The molecule has 1 aromatic carbocycles. The van der Waals surface area contributed by atoms with Crippen LogP contribution in [0.15, 0.2) is 0 Å². The SMILES string of the molecule is COCc1c(F)c(F)c(C(=O)OC(C)C)c(F)c1F. The van der Waals surface area contributed by atoms with Crippen molar-refractivity contribution in [1.82, 2.24) is 0 Å². The summed E-state index contributed by atoms with van der Waals surface area (Å²) >= 11 is 0. The number of hydrogen-bond donors (Lipinski definition) is 0. The van der Waals surface area contributed by atoms with Crippen LogP contribution in [0.2, 0.25) is 0 Å². The second kappa shape index (κ2) is 6.01. The first-order valence-corrected chi connectivity index (χ1v) is 5.36. The molecule has 0 unspecified atom stereocenters. The van der Waals surface area contributed by atoms with Crippen LogP contribution in [0.5, 0.6) is 0 Å². The third-order valence-corrected chi connectivity index (χ3v) is 2.19. The van der Waals surface area contributed by atoms with E-state index < -0.39 is 53.1 Å². The standard InChI is InChI=1S/C12H12F4O3/c1-5(2)19-12(17)7-10(15)8(13)6(4-18-3)9(14)11(7)16/h5H,4H2,1-3H3. The summed E-state index contributed by atoms with van der Waals surface area (Å²) in [6, 6.07) is 0. The predicted molar refractivity (Wildman–Crippen MR) is 57.5 cm³/mol. The summed E-state index contributed by atoms with van der Waals surface area (Å²) < 4.78 is 63.2. The summed E-state index contributed by atoms with van der Waals surface area (Å²) in [5.74, 6) is -8.40. The highest BCUT2D eigenvalue weighted by atomic mass is 19.2. The van der Waals surface area contributed by atoms with E-state index in [-0.39, 0.29) is 0 Å². The van der Waals surface area contributed by atoms with Crippen molar-refractivity contribution in [2.75, 3.05) is 7.11 Å². The molecule has 0 spiro atoms. The Morgan fingerprint density at radius 3 is 1.89 bits per heavy atom. The Balaban J connectivity index is 3.39. The van der Waals surface area contributed by atoms with E-state index in [9.17, 15) is 22.4 Å². The maximum absolute atomic E-state index is 13.6. The lowest BCUT2D eigenvalue weighted by Gasteiger charge is -2.12. The van der Waals surface area contributed by atoms with Crippen LogP contribution in [0.1, 0.15) is 29.8 Å². The minimum atomic E-state index is -1.79. The third kappa shape index (κ3) is 3.04. The topological polar surface area (TPSA) is 35.5 Å². The van der Waals surface area contributed by atoms with Crippen LogP contribution < -0.4 is 0 Å². The second-order valence-electron chi connectivity index (χ2n) is 4.00. The summed E-state index contributed by atoms with van der Waals surface area (Å²) in [7, 11) is 1.11. The van der Waals surface area contributed by atoms with Gasteiger partial charge in [0.1, 0.15) is 5.56 Å². The fourth-order valence-electron chi connectivity index (χ4n) is 1.40. The average Bonchev–Trinajstić information content (AvgIpc) is 2.31. The average molecular weight is 280 g/mol. The first-order valence-electron chi connectivity index (χ1n) is 5.36. The summed E-state index contributed by atoms with van der Waals surface area (Å²) in [5, 5.41) is 0. The molecule has 0 amide bonds. The highest BCUT2D eigenvalue weighted by molar-refractivity contribution is 5.90. The molecular weight excluding hydrogens is 268 g/mol. The molecule has 3 nitrogen and oxygen atoms in total. The predicted octanol–water partition coefficient (Wildman–Crippen LogP) is 2.95. The van der Waals surface area contributed by atoms with E-state index in [4.69, 9.17) is 0 Å². The molecule has 0 bridgehead atoms. The molecule has 19 heavy (non-hydrogen) atoms. The van der Waals surface area contributed by atoms with Crippen molar-refractivity contribution < 1.29 is 31.8 Å². The molecule has 0 N–H and O–H groups in total. The van der Waals surface area contributed by atoms with Gasteiger partial charge in [-0.15, -0.1) is 0 Å². The zero-order valence-corrected chi connectivity index (χ0v) is 10.5. The van der Waals surface area contributed by atoms with Gasteiger partial charge in [0.15, 0.2) is 23.3 Å². The van der Waals surface area contributed by atoms with Crippen LogP contribution in [-0.2, 0) is 16.1 Å². The molecule has 0 fully saturated rings. The van der Waals surface area contributed by atoms with E-state index in [1.54, 1.807) is 0 Å². The van der Waals surface area contributed by atoms with E-state index in [0.29, 0.717) is 0 Å². The number of ether oxygens (including phenoxy) is 2. The van der Waals surface area contributed by atoms with Crippen LogP contribution in [0, 0.1) is 23.3 Å². The van der Waals surface area contributed by atoms with Gasteiger partial charge in [0.05, 0.1) is 18.3 Å². The fraction of sp³-hybridized carbons (Fsp3) is 0.417. The van der Waals surface area contributed by atoms with Crippen molar-refractivity contribution in [3.63, 3.8) is 0 Å². The van der Waals surface area contributed by atoms with Crippen molar-refractivity contribution in [2.24, 2.45) is 0 Å². The molecule has 106 valence electrons. The lowest BCUT2D eigenvalue weighted by molar-refractivity contribution is 0.0363. The van der Waals surface area contributed by atoms with Crippen LogP contribution in [0.25, 0.3) is 0 Å². The van der Waals surface area contributed by atoms with E-state index in [2.05, 4.69) is 9.47 Å². The van der Waals surface area contributed by atoms with Gasteiger partial charge >= 0.3 is 5.97 Å². The van der Waals surface area contributed by atoms with Gasteiger partial charge in [-0.2, -0.15) is 0 Å². The number of esters is 1. The van der Waals surface area contributed by atoms with Crippen LogP contribution in [0.4, 0.5) is 17.6 Å². The van der Waals surface area contributed by atoms with E-state index >= 15 is 0 Å². The minimum Gasteiger partial charge on any atom is -0.459 e. The van der Waals surface area contributed by atoms with Crippen molar-refractivity contribution in [3.8, 4) is 0 Å². The van der Waals surface area contributed by atoms with E-state index in [1.165, 1.54) is 13.8 Å². The second-order valence-corrected chi connectivity index (χ2v) is 4.00. The minimum absolute atomic E-state index is 0.662. The Labute approximate surface area is 107 Å². The third-order valence-electron chi connectivity index (χ3n) is 2.19. The number of carbonyl (C=O) groups is 1. The molecule has 0 aromatic heterocycles. The monoisotopic (exact) mass is 280 g/mol. The molecule has 0 aliphatic rings. The molecule has 1 rings (SSSR count). The van der Waals surface area contributed by atoms with Crippen LogP contribution in [0.3, 0.4) is 0 Å². The Hall–Kier alpha value is -1.63. The first kappa shape index (κ1) is 15.4.